The van der Waals surface area contributed by atoms with Crippen LogP contribution < -0.4 is 21.5 Å². The van der Waals surface area contributed by atoms with Gasteiger partial charge >= 0.3 is 0 Å². The number of aromatic nitrogens is 2. The van der Waals surface area contributed by atoms with Gasteiger partial charge in [-0.15, -0.1) is 0 Å². The van der Waals surface area contributed by atoms with Gasteiger partial charge < -0.3 is 21.5 Å². The zero-order valence-electron chi connectivity index (χ0n) is 14.8. The Morgan fingerprint density at radius 2 is 1.69 bits per heavy atom. The molecule has 0 aliphatic carbocycles. The molecule has 134 valence electrons. The average Bonchev–Trinajstić information content (AvgIpc) is 2.66. The minimum absolute atomic E-state index is 0.208. The van der Waals surface area contributed by atoms with E-state index in [1.165, 1.54) is 0 Å². The molecule has 0 aliphatic heterocycles. The first-order valence-corrected chi connectivity index (χ1v) is 8.61. The van der Waals surface area contributed by atoms with Crippen molar-refractivity contribution in [1.29, 1.82) is 0 Å². The number of nitrogen functional groups attached to an aromatic ring is 2. The minimum atomic E-state index is 0.208. The number of rotatable bonds is 7. The summed E-state index contributed by atoms with van der Waals surface area (Å²) < 4.78 is 5.67. The Bertz CT molecular complexity index is 850. The van der Waals surface area contributed by atoms with Gasteiger partial charge in [0.15, 0.2) is 0 Å². The smallest absolute Gasteiger partial charge is 0.222 e. The maximum atomic E-state index is 6.06. The van der Waals surface area contributed by atoms with Crippen LogP contribution in [0.25, 0.3) is 11.1 Å². The number of nitrogens with zero attached hydrogens (tertiary/aromatic N) is 2. The van der Waals surface area contributed by atoms with E-state index in [0.717, 1.165) is 34.7 Å². The first-order valence-electron chi connectivity index (χ1n) is 8.61. The van der Waals surface area contributed by atoms with E-state index in [1.807, 2.05) is 61.5 Å². The van der Waals surface area contributed by atoms with Crippen molar-refractivity contribution in [2.45, 2.75) is 13.3 Å². The molecule has 1 heterocycles. The van der Waals surface area contributed by atoms with Crippen LogP contribution >= 0.6 is 0 Å². The molecule has 0 atom stereocenters. The molecule has 0 radical (unpaired) electrons. The summed E-state index contributed by atoms with van der Waals surface area (Å²) in [7, 11) is 0. The SMILES string of the molecule is CCc1nc(N)nc(N)c1-c1ccc(NCCOc2ccccc2)cc1. The Morgan fingerprint density at radius 1 is 0.962 bits per heavy atom. The van der Waals surface area contributed by atoms with Crippen LogP contribution in [0.1, 0.15) is 12.6 Å². The lowest BCUT2D eigenvalue weighted by Gasteiger charge is -2.12. The van der Waals surface area contributed by atoms with Gasteiger partial charge in [0.05, 0.1) is 5.69 Å². The predicted octanol–water partition coefficient (Wildman–Crippen LogP) is 3.36. The van der Waals surface area contributed by atoms with Crippen LogP contribution in [0.15, 0.2) is 54.6 Å². The number of anilines is 3. The summed E-state index contributed by atoms with van der Waals surface area (Å²) in [5, 5.41) is 3.34. The third-order valence-corrected chi connectivity index (χ3v) is 3.98. The predicted molar refractivity (Wildman–Crippen MR) is 106 cm³/mol. The number of benzene rings is 2. The van der Waals surface area contributed by atoms with E-state index in [1.54, 1.807) is 0 Å². The normalized spacial score (nSPS) is 10.5. The molecule has 0 unspecified atom stereocenters. The molecule has 0 amide bonds. The third-order valence-electron chi connectivity index (χ3n) is 3.98. The summed E-state index contributed by atoms with van der Waals surface area (Å²) in [4.78, 5) is 8.38. The van der Waals surface area contributed by atoms with Gasteiger partial charge in [-0.25, -0.2) is 4.98 Å². The largest absolute Gasteiger partial charge is 0.492 e. The topological polar surface area (TPSA) is 99.1 Å². The molecule has 3 aromatic rings. The quantitative estimate of drug-likeness (QED) is 0.566. The number of para-hydroxylation sites is 1. The lowest BCUT2D eigenvalue weighted by molar-refractivity contribution is 0.333. The van der Waals surface area contributed by atoms with E-state index < -0.39 is 0 Å². The molecule has 2 aromatic carbocycles. The monoisotopic (exact) mass is 349 g/mol. The molecule has 6 nitrogen and oxygen atoms in total. The van der Waals surface area contributed by atoms with Crippen LogP contribution in [0, 0.1) is 0 Å². The maximum absolute atomic E-state index is 6.06. The molecule has 0 aliphatic rings. The van der Waals surface area contributed by atoms with Gasteiger partial charge in [-0.1, -0.05) is 37.3 Å². The van der Waals surface area contributed by atoms with Gasteiger partial charge in [-0.05, 0) is 36.2 Å². The van der Waals surface area contributed by atoms with Gasteiger partial charge in [0.25, 0.3) is 0 Å². The van der Waals surface area contributed by atoms with E-state index in [0.29, 0.717) is 19.0 Å². The second-order valence-electron chi connectivity index (χ2n) is 5.81. The Balaban J connectivity index is 1.62. The van der Waals surface area contributed by atoms with E-state index in [-0.39, 0.29) is 5.95 Å². The van der Waals surface area contributed by atoms with Crippen molar-refractivity contribution in [3.05, 3.63) is 60.3 Å². The lowest BCUT2D eigenvalue weighted by atomic mass is 10.0. The molecule has 0 saturated carbocycles. The summed E-state index contributed by atoms with van der Waals surface area (Å²) in [6, 6.07) is 17.8. The van der Waals surface area contributed by atoms with Crippen LogP contribution in [0.2, 0.25) is 0 Å². The van der Waals surface area contributed by atoms with E-state index in [4.69, 9.17) is 16.2 Å². The lowest BCUT2D eigenvalue weighted by Crippen LogP contribution is -2.11. The zero-order chi connectivity index (χ0) is 18.4. The van der Waals surface area contributed by atoms with Crippen molar-refractivity contribution in [2.75, 3.05) is 29.9 Å². The number of nitrogens with two attached hydrogens (primary N) is 2. The fraction of sp³-hybridized carbons (Fsp3) is 0.200. The fourth-order valence-corrected chi connectivity index (χ4v) is 2.75. The van der Waals surface area contributed by atoms with Crippen molar-refractivity contribution in [3.63, 3.8) is 0 Å². The van der Waals surface area contributed by atoms with Gasteiger partial charge in [0.1, 0.15) is 18.2 Å². The summed E-state index contributed by atoms with van der Waals surface area (Å²) in [6.07, 6.45) is 0.739. The molecule has 5 N–H and O–H groups in total. The summed E-state index contributed by atoms with van der Waals surface area (Å²) in [5.41, 5.74) is 15.4. The number of hydrogen-bond acceptors (Lipinski definition) is 6. The molecule has 0 saturated heterocycles. The maximum Gasteiger partial charge on any atom is 0.222 e. The Hall–Kier alpha value is -3.28. The third kappa shape index (κ3) is 4.22. The molecule has 0 spiro atoms. The Morgan fingerprint density at radius 3 is 2.38 bits per heavy atom. The molecule has 0 fully saturated rings. The second kappa shape index (κ2) is 8.20. The van der Waals surface area contributed by atoms with Gasteiger partial charge in [0, 0.05) is 17.8 Å². The first kappa shape index (κ1) is 17.5. The number of ether oxygens (including phenoxy) is 1. The van der Waals surface area contributed by atoms with Crippen LogP contribution in [0.5, 0.6) is 5.75 Å². The van der Waals surface area contributed by atoms with Gasteiger partial charge in [0.2, 0.25) is 5.95 Å². The standard InChI is InChI=1S/C20H23N5O/c1-2-17-18(19(21)25-20(22)24-17)14-8-10-15(11-9-14)23-12-13-26-16-6-4-3-5-7-16/h3-11,23H,2,12-13H2,1H3,(H4,21,22,24,25). The van der Waals surface area contributed by atoms with Crippen molar-refractivity contribution >= 4 is 17.5 Å². The van der Waals surface area contributed by atoms with E-state index in [9.17, 15) is 0 Å². The highest BCUT2D eigenvalue weighted by Crippen LogP contribution is 2.29. The molecular weight excluding hydrogens is 326 g/mol. The second-order valence-corrected chi connectivity index (χ2v) is 5.81. The van der Waals surface area contributed by atoms with Crippen molar-refractivity contribution in [2.24, 2.45) is 0 Å². The zero-order valence-corrected chi connectivity index (χ0v) is 14.8. The van der Waals surface area contributed by atoms with Crippen molar-refractivity contribution in [3.8, 4) is 16.9 Å². The molecule has 0 bridgehead atoms. The van der Waals surface area contributed by atoms with Gasteiger partial charge in [-0.3, -0.25) is 0 Å². The molecule has 26 heavy (non-hydrogen) atoms. The number of aryl methyl sites for hydroxylation is 1. The molecule has 3 rings (SSSR count). The Kier molecular flexibility index (Phi) is 5.53. The van der Waals surface area contributed by atoms with E-state index in [2.05, 4.69) is 15.3 Å². The molecule has 1 aromatic heterocycles. The highest BCUT2D eigenvalue weighted by Gasteiger charge is 2.12. The summed E-state index contributed by atoms with van der Waals surface area (Å²) >= 11 is 0. The van der Waals surface area contributed by atoms with Gasteiger partial charge in [-0.2, -0.15) is 4.98 Å². The molecular formula is C20H23N5O. The number of hydrogen-bond donors (Lipinski definition) is 3. The fourth-order valence-electron chi connectivity index (χ4n) is 2.75. The average molecular weight is 349 g/mol. The van der Waals surface area contributed by atoms with Crippen LogP contribution in [-0.2, 0) is 6.42 Å². The first-order chi connectivity index (χ1) is 12.7. The van der Waals surface area contributed by atoms with Crippen LogP contribution in [0.4, 0.5) is 17.5 Å². The summed E-state index contributed by atoms with van der Waals surface area (Å²) in [6.45, 7) is 3.32. The van der Waals surface area contributed by atoms with Crippen molar-refractivity contribution < 1.29 is 4.74 Å². The highest BCUT2D eigenvalue weighted by molar-refractivity contribution is 5.77. The summed E-state index contributed by atoms with van der Waals surface area (Å²) in [5.74, 6) is 1.49. The Labute approximate surface area is 153 Å². The van der Waals surface area contributed by atoms with Crippen LogP contribution in [0.3, 0.4) is 0 Å². The molecule has 6 heteroatoms. The number of nitrogens with one attached hydrogen (secondary N) is 1. The minimum Gasteiger partial charge on any atom is -0.492 e. The van der Waals surface area contributed by atoms with Crippen molar-refractivity contribution in [1.82, 2.24) is 9.97 Å². The van der Waals surface area contributed by atoms with E-state index >= 15 is 0 Å². The van der Waals surface area contributed by atoms with Crippen LogP contribution in [-0.4, -0.2) is 23.1 Å². The highest BCUT2D eigenvalue weighted by atomic mass is 16.5.